The van der Waals surface area contributed by atoms with Gasteiger partial charge in [0, 0.05) is 16.2 Å². The first kappa shape index (κ1) is 15.8. The molecule has 106 valence electrons. The second-order valence-electron chi connectivity index (χ2n) is 4.27. The van der Waals surface area contributed by atoms with E-state index in [0.29, 0.717) is 4.47 Å². The van der Waals surface area contributed by atoms with Crippen molar-refractivity contribution in [3.63, 3.8) is 0 Å². The number of rotatable bonds is 4. The predicted octanol–water partition coefficient (Wildman–Crippen LogP) is 3.77. The molecule has 0 bridgehead atoms. The standard InChI is InChI=1S/C12H13BrF3NO2/c1-7(2)17(6-11(18)19)10-4-3-8(13)5-9(10)12(14,15)16/h3-5,7H,6H2,1-2H3,(H,18,19). The molecule has 0 aliphatic carbocycles. The number of alkyl halides is 3. The van der Waals surface area contributed by atoms with Crippen LogP contribution >= 0.6 is 15.9 Å². The first-order valence-corrected chi connectivity index (χ1v) is 6.27. The summed E-state index contributed by atoms with van der Waals surface area (Å²) < 4.78 is 39.3. The first-order chi connectivity index (χ1) is 8.62. The van der Waals surface area contributed by atoms with E-state index in [1.165, 1.54) is 17.0 Å². The van der Waals surface area contributed by atoms with E-state index in [9.17, 15) is 18.0 Å². The molecule has 0 aliphatic rings. The summed E-state index contributed by atoms with van der Waals surface area (Å²) in [6, 6.07) is 3.32. The van der Waals surface area contributed by atoms with Crippen LogP contribution in [0.4, 0.5) is 18.9 Å². The van der Waals surface area contributed by atoms with Gasteiger partial charge in [0.25, 0.3) is 0 Å². The van der Waals surface area contributed by atoms with Crippen molar-refractivity contribution in [1.82, 2.24) is 0 Å². The normalized spacial score (nSPS) is 11.7. The van der Waals surface area contributed by atoms with Gasteiger partial charge in [-0.3, -0.25) is 4.79 Å². The third-order valence-corrected chi connectivity index (χ3v) is 3.00. The van der Waals surface area contributed by atoms with E-state index in [0.717, 1.165) is 6.07 Å². The SMILES string of the molecule is CC(C)N(CC(=O)O)c1ccc(Br)cc1C(F)(F)F. The van der Waals surface area contributed by atoms with Gasteiger partial charge in [-0.1, -0.05) is 15.9 Å². The van der Waals surface area contributed by atoms with Gasteiger partial charge in [0.05, 0.1) is 5.56 Å². The smallest absolute Gasteiger partial charge is 0.418 e. The van der Waals surface area contributed by atoms with E-state index in [1.54, 1.807) is 13.8 Å². The number of carbonyl (C=O) groups is 1. The minimum atomic E-state index is -4.54. The van der Waals surface area contributed by atoms with Gasteiger partial charge in [0.1, 0.15) is 6.54 Å². The number of hydrogen-bond acceptors (Lipinski definition) is 2. The molecule has 0 saturated heterocycles. The molecule has 3 nitrogen and oxygen atoms in total. The van der Waals surface area contributed by atoms with Crippen LogP contribution in [0.5, 0.6) is 0 Å². The number of carboxylic acids is 1. The maximum atomic E-state index is 13.0. The summed E-state index contributed by atoms with van der Waals surface area (Å²) in [5.41, 5.74) is -0.982. The van der Waals surface area contributed by atoms with Crippen molar-refractivity contribution in [2.24, 2.45) is 0 Å². The van der Waals surface area contributed by atoms with Crippen LogP contribution in [0.2, 0.25) is 0 Å². The Hall–Kier alpha value is -1.24. The molecule has 0 aliphatic heterocycles. The Morgan fingerprint density at radius 2 is 2.00 bits per heavy atom. The number of hydrogen-bond donors (Lipinski definition) is 1. The fourth-order valence-electron chi connectivity index (χ4n) is 1.68. The van der Waals surface area contributed by atoms with Crippen molar-refractivity contribution < 1.29 is 23.1 Å². The predicted molar refractivity (Wildman–Crippen MR) is 69.3 cm³/mol. The topological polar surface area (TPSA) is 40.5 Å². The van der Waals surface area contributed by atoms with E-state index in [-0.39, 0.29) is 11.7 Å². The second kappa shape index (κ2) is 5.81. The summed E-state index contributed by atoms with van der Waals surface area (Å²) in [4.78, 5) is 12.0. The Kier molecular flexibility index (Phi) is 4.84. The van der Waals surface area contributed by atoms with Crippen LogP contribution in [0, 0.1) is 0 Å². The van der Waals surface area contributed by atoms with E-state index in [4.69, 9.17) is 5.11 Å². The van der Waals surface area contributed by atoms with Crippen LogP contribution in [-0.2, 0) is 11.0 Å². The van der Waals surface area contributed by atoms with Crippen molar-refractivity contribution in [1.29, 1.82) is 0 Å². The van der Waals surface area contributed by atoms with Crippen LogP contribution in [0.1, 0.15) is 19.4 Å². The highest BCUT2D eigenvalue weighted by Crippen LogP contribution is 2.38. The Labute approximate surface area is 117 Å². The van der Waals surface area contributed by atoms with Crippen LogP contribution in [0.25, 0.3) is 0 Å². The first-order valence-electron chi connectivity index (χ1n) is 5.48. The molecule has 1 aromatic rings. The third-order valence-electron chi connectivity index (χ3n) is 2.50. The molecule has 0 aromatic heterocycles. The van der Waals surface area contributed by atoms with Crippen molar-refractivity contribution in [3.8, 4) is 0 Å². The zero-order valence-electron chi connectivity index (χ0n) is 10.3. The third kappa shape index (κ3) is 4.12. The summed E-state index contributed by atoms with van der Waals surface area (Å²) in [7, 11) is 0. The number of halogens is 4. The Morgan fingerprint density at radius 1 is 1.42 bits per heavy atom. The molecule has 1 aromatic carbocycles. The van der Waals surface area contributed by atoms with E-state index >= 15 is 0 Å². The van der Waals surface area contributed by atoms with E-state index in [1.807, 2.05) is 0 Å². The van der Waals surface area contributed by atoms with E-state index < -0.39 is 24.3 Å². The molecule has 0 heterocycles. The van der Waals surface area contributed by atoms with Gasteiger partial charge >= 0.3 is 12.1 Å². The largest absolute Gasteiger partial charge is 0.480 e. The van der Waals surface area contributed by atoms with Crippen LogP contribution in [0.3, 0.4) is 0 Å². The lowest BCUT2D eigenvalue weighted by Crippen LogP contribution is -2.37. The summed E-state index contributed by atoms with van der Waals surface area (Å²) >= 11 is 2.99. The lowest BCUT2D eigenvalue weighted by Gasteiger charge is -2.30. The van der Waals surface area contributed by atoms with Crippen molar-refractivity contribution in [2.45, 2.75) is 26.1 Å². The molecular formula is C12H13BrF3NO2. The molecule has 0 radical (unpaired) electrons. The maximum absolute atomic E-state index is 13.0. The highest BCUT2D eigenvalue weighted by molar-refractivity contribution is 9.10. The van der Waals surface area contributed by atoms with Crippen molar-refractivity contribution in [2.75, 3.05) is 11.4 Å². The molecule has 0 atom stereocenters. The quantitative estimate of drug-likeness (QED) is 0.907. The minimum absolute atomic E-state index is 0.131. The van der Waals surface area contributed by atoms with Gasteiger partial charge in [-0.2, -0.15) is 13.2 Å². The summed E-state index contributed by atoms with van der Waals surface area (Å²) in [5, 5.41) is 8.81. The number of nitrogens with zero attached hydrogens (tertiary/aromatic N) is 1. The summed E-state index contributed by atoms with van der Waals surface area (Å²) in [5.74, 6) is -1.18. The van der Waals surface area contributed by atoms with Gasteiger partial charge in [0.2, 0.25) is 0 Å². The van der Waals surface area contributed by atoms with Crippen LogP contribution < -0.4 is 4.90 Å². The highest BCUT2D eigenvalue weighted by Gasteiger charge is 2.35. The molecule has 0 saturated carbocycles. The number of anilines is 1. The molecule has 0 unspecified atom stereocenters. The fourth-order valence-corrected chi connectivity index (χ4v) is 2.04. The summed E-state index contributed by atoms with van der Waals surface area (Å²) in [6.45, 7) is 2.80. The molecule has 7 heteroatoms. The lowest BCUT2D eigenvalue weighted by molar-refractivity contribution is -0.138. The van der Waals surface area contributed by atoms with E-state index in [2.05, 4.69) is 15.9 Å². The van der Waals surface area contributed by atoms with Gasteiger partial charge in [-0.05, 0) is 32.0 Å². The molecule has 0 amide bonds. The van der Waals surface area contributed by atoms with Gasteiger partial charge in [0.15, 0.2) is 0 Å². The maximum Gasteiger partial charge on any atom is 0.418 e. The zero-order valence-corrected chi connectivity index (χ0v) is 11.9. The average molecular weight is 340 g/mol. The number of benzene rings is 1. The monoisotopic (exact) mass is 339 g/mol. The Balaban J connectivity index is 3.34. The lowest BCUT2D eigenvalue weighted by atomic mass is 10.1. The number of carboxylic acid groups (broad SMARTS) is 1. The fraction of sp³-hybridized carbons (Fsp3) is 0.417. The zero-order chi connectivity index (χ0) is 14.8. The van der Waals surface area contributed by atoms with Crippen molar-refractivity contribution in [3.05, 3.63) is 28.2 Å². The minimum Gasteiger partial charge on any atom is -0.480 e. The molecule has 1 N–H and O–H groups in total. The Bertz CT molecular complexity index is 475. The molecule has 1 rings (SSSR count). The van der Waals surface area contributed by atoms with Gasteiger partial charge in [-0.15, -0.1) is 0 Å². The number of aliphatic carboxylic acids is 1. The molecule has 0 fully saturated rings. The molecular weight excluding hydrogens is 327 g/mol. The summed E-state index contributed by atoms with van der Waals surface area (Å²) in [6.07, 6.45) is -4.54. The second-order valence-corrected chi connectivity index (χ2v) is 5.19. The molecule has 19 heavy (non-hydrogen) atoms. The highest BCUT2D eigenvalue weighted by atomic mass is 79.9. The van der Waals surface area contributed by atoms with Crippen LogP contribution in [0.15, 0.2) is 22.7 Å². The molecule has 0 spiro atoms. The van der Waals surface area contributed by atoms with Crippen molar-refractivity contribution >= 4 is 27.6 Å². The average Bonchev–Trinajstić information content (AvgIpc) is 2.24. The van der Waals surface area contributed by atoms with Gasteiger partial charge < -0.3 is 10.0 Å². The van der Waals surface area contributed by atoms with Gasteiger partial charge in [-0.25, -0.2) is 0 Å². The van der Waals surface area contributed by atoms with Crippen LogP contribution in [-0.4, -0.2) is 23.7 Å². The Morgan fingerprint density at radius 3 is 2.42 bits per heavy atom.